The van der Waals surface area contributed by atoms with Crippen LogP contribution in [0.5, 0.6) is 0 Å². The van der Waals surface area contributed by atoms with Crippen LogP contribution in [0.2, 0.25) is 0 Å². The SMILES string of the molecule is CC(=O)OOS(=O)(=O)OC(C)=O. The van der Waals surface area contributed by atoms with Crippen LogP contribution in [0.25, 0.3) is 0 Å². The van der Waals surface area contributed by atoms with Crippen molar-refractivity contribution < 1.29 is 31.4 Å². The molecule has 0 saturated heterocycles. The van der Waals surface area contributed by atoms with Gasteiger partial charge in [0.1, 0.15) is 0 Å². The summed E-state index contributed by atoms with van der Waals surface area (Å²) in [7, 11) is -4.57. The Kier molecular flexibility index (Phi) is 3.64. The molecule has 0 saturated carbocycles. The predicted molar refractivity (Wildman–Crippen MR) is 33.5 cm³/mol. The molecule has 0 atom stereocenters. The average molecular weight is 198 g/mol. The summed E-state index contributed by atoms with van der Waals surface area (Å²) in [5, 5.41) is 0. The Morgan fingerprint density at radius 3 is 1.92 bits per heavy atom. The summed E-state index contributed by atoms with van der Waals surface area (Å²) in [5.41, 5.74) is 0. The molecule has 0 rings (SSSR count). The van der Waals surface area contributed by atoms with E-state index in [2.05, 4.69) is 13.4 Å². The number of carbonyl (C=O) groups is 2. The molecule has 0 radical (unpaired) electrons. The fourth-order valence-corrected chi connectivity index (χ4v) is 0.742. The van der Waals surface area contributed by atoms with Gasteiger partial charge >= 0.3 is 22.3 Å². The summed E-state index contributed by atoms with van der Waals surface area (Å²) in [5.74, 6) is -2.08. The van der Waals surface area contributed by atoms with Gasteiger partial charge < -0.3 is 4.18 Å². The van der Waals surface area contributed by atoms with Crippen molar-refractivity contribution in [3.8, 4) is 0 Å². The zero-order valence-corrected chi connectivity index (χ0v) is 7.08. The van der Waals surface area contributed by atoms with E-state index >= 15 is 0 Å². The van der Waals surface area contributed by atoms with Crippen molar-refractivity contribution in [1.82, 2.24) is 0 Å². The van der Waals surface area contributed by atoms with Gasteiger partial charge in [-0.3, -0.25) is 9.68 Å². The Labute approximate surface area is 68.5 Å². The van der Waals surface area contributed by atoms with Gasteiger partial charge in [-0.15, -0.1) is 0 Å². The first-order valence-electron chi connectivity index (χ1n) is 2.65. The minimum Gasteiger partial charge on any atom is -0.323 e. The van der Waals surface area contributed by atoms with E-state index in [1.54, 1.807) is 0 Å². The van der Waals surface area contributed by atoms with Crippen molar-refractivity contribution in [2.24, 2.45) is 0 Å². The maximum Gasteiger partial charge on any atom is 0.488 e. The van der Waals surface area contributed by atoms with Gasteiger partial charge in [0.25, 0.3) is 0 Å². The molecule has 12 heavy (non-hydrogen) atoms. The largest absolute Gasteiger partial charge is 0.488 e. The Hall–Kier alpha value is -1.15. The average Bonchev–Trinajstić information content (AvgIpc) is 1.81. The zero-order valence-electron chi connectivity index (χ0n) is 6.27. The fraction of sp³-hybridized carbons (Fsp3) is 0.500. The first-order valence-corrected chi connectivity index (χ1v) is 3.98. The Morgan fingerprint density at radius 2 is 1.58 bits per heavy atom. The molecule has 0 aromatic carbocycles. The van der Waals surface area contributed by atoms with E-state index in [1.807, 2.05) is 0 Å². The van der Waals surface area contributed by atoms with Crippen LogP contribution in [0.1, 0.15) is 13.8 Å². The summed E-state index contributed by atoms with van der Waals surface area (Å²) in [6, 6.07) is 0. The van der Waals surface area contributed by atoms with E-state index < -0.39 is 22.3 Å². The van der Waals surface area contributed by atoms with Crippen molar-refractivity contribution in [3.63, 3.8) is 0 Å². The van der Waals surface area contributed by atoms with Gasteiger partial charge in [0.15, 0.2) is 0 Å². The molecule has 70 valence electrons. The molecule has 0 spiro atoms. The minimum atomic E-state index is -4.57. The number of carbonyl (C=O) groups excluding carboxylic acids is 2. The highest BCUT2D eigenvalue weighted by molar-refractivity contribution is 7.82. The lowest BCUT2D eigenvalue weighted by Crippen LogP contribution is -2.15. The quantitative estimate of drug-likeness (QED) is 0.436. The van der Waals surface area contributed by atoms with Crippen molar-refractivity contribution in [1.29, 1.82) is 0 Å². The first kappa shape index (κ1) is 10.8. The van der Waals surface area contributed by atoms with E-state index in [-0.39, 0.29) is 0 Å². The van der Waals surface area contributed by atoms with Crippen LogP contribution in [-0.2, 0) is 33.4 Å². The van der Waals surface area contributed by atoms with E-state index in [4.69, 9.17) is 0 Å². The van der Waals surface area contributed by atoms with Crippen LogP contribution in [0.15, 0.2) is 0 Å². The zero-order chi connectivity index (χ0) is 9.78. The molecule has 0 aliphatic rings. The van der Waals surface area contributed by atoms with Gasteiger partial charge in [0.05, 0.1) is 0 Å². The molecule has 0 aliphatic heterocycles. The molecule has 0 N–H and O–H groups in total. The van der Waals surface area contributed by atoms with Gasteiger partial charge in [0, 0.05) is 13.8 Å². The lowest BCUT2D eigenvalue weighted by atomic mass is 10.9. The van der Waals surface area contributed by atoms with Gasteiger partial charge in [-0.05, 0) is 4.33 Å². The third kappa shape index (κ3) is 5.62. The summed E-state index contributed by atoms with van der Waals surface area (Å²) >= 11 is 0. The second kappa shape index (κ2) is 4.02. The minimum absolute atomic E-state index is 0.856. The number of hydrogen-bond acceptors (Lipinski definition) is 7. The van der Waals surface area contributed by atoms with Crippen LogP contribution in [0, 0.1) is 0 Å². The molecule has 0 aromatic heterocycles. The van der Waals surface area contributed by atoms with E-state index in [9.17, 15) is 18.0 Å². The van der Waals surface area contributed by atoms with Crippen molar-refractivity contribution in [3.05, 3.63) is 0 Å². The maximum atomic E-state index is 10.4. The molecule has 0 heterocycles. The highest BCUT2D eigenvalue weighted by atomic mass is 32.3. The van der Waals surface area contributed by atoms with Crippen LogP contribution in [0.3, 0.4) is 0 Å². The van der Waals surface area contributed by atoms with Gasteiger partial charge in [-0.2, -0.15) is 8.42 Å². The van der Waals surface area contributed by atoms with Crippen molar-refractivity contribution in [2.75, 3.05) is 0 Å². The smallest absolute Gasteiger partial charge is 0.323 e. The third-order valence-corrected chi connectivity index (χ3v) is 1.13. The van der Waals surface area contributed by atoms with E-state index in [0.29, 0.717) is 0 Å². The Balaban J connectivity index is 4.06. The van der Waals surface area contributed by atoms with Crippen LogP contribution in [0.4, 0.5) is 0 Å². The molecule has 7 nitrogen and oxygen atoms in total. The molecule has 0 amide bonds. The highest BCUT2D eigenvalue weighted by Gasteiger charge is 2.18. The summed E-state index contributed by atoms with van der Waals surface area (Å²) in [4.78, 5) is 23.7. The molecular weight excluding hydrogens is 192 g/mol. The number of rotatable bonds is 3. The molecule has 0 fully saturated rings. The second-order valence-corrected chi connectivity index (χ2v) is 2.75. The van der Waals surface area contributed by atoms with Crippen molar-refractivity contribution in [2.45, 2.75) is 13.8 Å². The Bertz CT molecular complexity index is 276. The first-order chi connectivity index (χ1) is 5.33. The van der Waals surface area contributed by atoms with Crippen molar-refractivity contribution >= 4 is 22.3 Å². The second-order valence-electron chi connectivity index (χ2n) is 1.63. The fourth-order valence-electron chi connectivity index (χ4n) is 0.247. The molecule has 0 bridgehead atoms. The lowest BCUT2D eigenvalue weighted by Gasteiger charge is -1.99. The molecule has 0 aliphatic carbocycles. The van der Waals surface area contributed by atoms with Gasteiger partial charge in [0.2, 0.25) is 0 Å². The van der Waals surface area contributed by atoms with Crippen LogP contribution < -0.4 is 0 Å². The summed E-state index contributed by atoms with van der Waals surface area (Å²) in [6.07, 6.45) is 0. The van der Waals surface area contributed by atoms with Crippen LogP contribution >= 0.6 is 0 Å². The van der Waals surface area contributed by atoms with Crippen LogP contribution in [-0.4, -0.2) is 20.4 Å². The molecule has 0 unspecified atom stereocenters. The van der Waals surface area contributed by atoms with Gasteiger partial charge in [-0.1, -0.05) is 0 Å². The standard InChI is InChI=1S/C4H6O7S/c1-3(5)9-11-12(7,8)10-4(2)6/h1-2H3. The Morgan fingerprint density at radius 1 is 1.08 bits per heavy atom. The molecule has 8 heteroatoms. The van der Waals surface area contributed by atoms with E-state index in [0.717, 1.165) is 13.8 Å². The van der Waals surface area contributed by atoms with E-state index in [1.165, 1.54) is 0 Å². The molecular formula is C4H6O7S. The lowest BCUT2D eigenvalue weighted by molar-refractivity contribution is -0.212. The predicted octanol–water partition coefficient (Wildman–Crippen LogP) is -0.711. The summed E-state index contributed by atoms with van der Waals surface area (Å²) in [6.45, 7) is 1.78. The normalized spacial score (nSPS) is 10.5. The van der Waals surface area contributed by atoms with Gasteiger partial charge in [-0.25, -0.2) is 4.79 Å². The molecule has 0 aromatic rings. The monoisotopic (exact) mass is 198 g/mol. The third-order valence-electron chi connectivity index (χ3n) is 0.454. The topological polar surface area (TPSA) is 96.0 Å². The number of hydrogen-bond donors (Lipinski definition) is 0. The maximum absolute atomic E-state index is 10.4. The highest BCUT2D eigenvalue weighted by Crippen LogP contribution is 1.97. The summed E-state index contributed by atoms with van der Waals surface area (Å²) < 4.78 is 27.9.